The van der Waals surface area contributed by atoms with Crippen molar-refractivity contribution in [2.75, 3.05) is 20.2 Å². The van der Waals surface area contributed by atoms with Crippen LogP contribution in [0, 0.1) is 10.1 Å². The number of nitro benzene ring substituents is 1. The zero-order valence-corrected chi connectivity index (χ0v) is 13.3. The van der Waals surface area contributed by atoms with Gasteiger partial charge in [-0.15, -0.1) is 0 Å². The number of hydrogen-bond acceptors (Lipinski definition) is 5. The van der Waals surface area contributed by atoms with Gasteiger partial charge < -0.3 is 15.4 Å². The quantitative estimate of drug-likeness (QED) is 0.620. The average Bonchev–Trinajstić information content (AvgIpc) is 2.61. The van der Waals surface area contributed by atoms with E-state index in [1.165, 1.54) is 25.3 Å². The molecule has 2 rings (SSSR count). The van der Waals surface area contributed by atoms with E-state index >= 15 is 0 Å². The maximum Gasteiger partial charge on any atom is 0.310 e. The van der Waals surface area contributed by atoms with Crippen LogP contribution >= 0.6 is 0 Å². The summed E-state index contributed by atoms with van der Waals surface area (Å²) < 4.78 is 5.02. The number of nitrogens with two attached hydrogens (primary N) is 1. The van der Waals surface area contributed by atoms with E-state index in [1.54, 1.807) is 4.90 Å². The number of carbonyl (C=O) groups excluding carboxylic acids is 1. The molecular formula is C17H19N3O4. The molecule has 0 heterocycles. The number of methoxy groups -OCH3 is 1. The highest BCUT2D eigenvalue weighted by Gasteiger charge is 2.21. The van der Waals surface area contributed by atoms with Gasteiger partial charge in [0.1, 0.15) is 0 Å². The van der Waals surface area contributed by atoms with Gasteiger partial charge in [0, 0.05) is 37.3 Å². The standard InChI is InChI=1S/C17H19N3O4/c1-24-16-11-14(7-8-15(16)20(22)23)17(21)19(10-9-18)12-13-5-3-2-4-6-13/h2-8,11H,9-10,12,18H2,1H3. The number of ether oxygens (including phenoxy) is 1. The fraction of sp³-hybridized carbons (Fsp3) is 0.235. The van der Waals surface area contributed by atoms with Gasteiger partial charge in [-0.3, -0.25) is 14.9 Å². The Balaban J connectivity index is 2.27. The van der Waals surface area contributed by atoms with Gasteiger partial charge in [-0.05, 0) is 11.6 Å². The Hall–Kier alpha value is -2.93. The van der Waals surface area contributed by atoms with Gasteiger partial charge in [-0.1, -0.05) is 30.3 Å². The van der Waals surface area contributed by atoms with Gasteiger partial charge in [-0.2, -0.15) is 0 Å². The first kappa shape index (κ1) is 17.4. The SMILES string of the molecule is COc1cc(C(=O)N(CCN)Cc2ccccc2)ccc1[N+](=O)[O-]. The van der Waals surface area contributed by atoms with Gasteiger partial charge in [0.05, 0.1) is 12.0 Å². The largest absolute Gasteiger partial charge is 0.490 e. The third-order valence-electron chi connectivity index (χ3n) is 3.53. The van der Waals surface area contributed by atoms with Crippen molar-refractivity contribution < 1.29 is 14.5 Å². The van der Waals surface area contributed by atoms with E-state index in [9.17, 15) is 14.9 Å². The van der Waals surface area contributed by atoms with Crippen molar-refractivity contribution in [2.45, 2.75) is 6.54 Å². The summed E-state index contributed by atoms with van der Waals surface area (Å²) in [5, 5.41) is 11.0. The Bertz CT molecular complexity index is 719. The normalized spacial score (nSPS) is 10.2. The zero-order chi connectivity index (χ0) is 17.5. The molecule has 0 radical (unpaired) electrons. The number of rotatable bonds is 7. The molecule has 0 atom stereocenters. The minimum Gasteiger partial charge on any atom is -0.490 e. The van der Waals surface area contributed by atoms with Crippen molar-refractivity contribution in [1.29, 1.82) is 0 Å². The molecule has 2 aromatic carbocycles. The van der Waals surface area contributed by atoms with E-state index < -0.39 is 4.92 Å². The molecule has 0 saturated heterocycles. The van der Waals surface area contributed by atoms with Crippen LogP contribution in [-0.4, -0.2) is 35.9 Å². The molecule has 0 bridgehead atoms. The van der Waals surface area contributed by atoms with Crippen LogP contribution < -0.4 is 10.5 Å². The van der Waals surface area contributed by atoms with Gasteiger partial charge in [-0.25, -0.2) is 0 Å². The Morgan fingerprint density at radius 3 is 2.54 bits per heavy atom. The summed E-state index contributed by atoms with van der Waals surface area (Å²) >= 11 is 0. The number of amides is 1. The molecule has 1 amide bonds. The summed E-state index contributed by atoms with van der Waals surface area (Å²) in [5.74, 6) is -0.198. The maximum atomic E-state index is 12.7. The van der Waals surface area contributed by atoms with Gasteiger partial charge in [0.15, 0.2) is 5.75 Å². The van der Waals surface area contributed by atoms with Crippen molar-refractivity contribution in [3.8, 4) is 5.75 Å². The van der Waals surface area contributed by atoms with Crippen LogP contribution in [0.15, 0.2) is 48.5 Å². The number of nitro groups is 1. The summed E-state index contributed by atoms with van der Waals surface area (Å²) in [4.78, 5) is 24.7. The highest BCUT2D eigenvalue weighted by atomic mass is 16.6. The lowest BCUT2D eigenvalue weighted by molar-refractivity contribution is -0.385. The van der Waals surface area contributed by atoms with Crippen LogP contribution in [0.4, 0.5) is 5.69 Å². The monoisotopic (exact) mass is 329 g/mol. The molecule has 0 aliphatic rings. The Labute approximate surface area is 139 Å². The number of carbonyl (C=O) groups is 1. The maximum absolute atomic E-state index is 12.7. The zero-order valence-electron chi connectivity index (χ0n) is 13.3. The van der Waals surface area contributed by atoms with Crippen LogP contribution in [0.5, 0.6) is 5.75 Å². The summed E-state index contributed by atoms with van der Waals surface area (Å²) in [5.41, 5.74) is 6.73. The van der Waals surface area contributed by atoms with E-state index in [-0.39, 0.29) is 17.3 Å². The second kappa shape index (κ2) is 8.07. The topological polar surface area (TPSA) is 98.7 Å². The van der Waals surface area contributed by atoms with Crippen molar-refractivity contribution in [3.63, 3.8) is 0 Å². The van der Waals surface area contributed by atoms with E-state index in [1.807, 2.05) is 30.3 Å². The molecule has 0 aromatic heterocycles. The summed E-state index contributed by atoms with van der Waals surface area (Å²) in [6.07, 6.45) is 0. The smallest absolute Gasteiger partial charge is 0.310 e. The second-order valence-electron chi connectivity index (χ2n) is 5.14. The first-order valence-electron chi connectivity index (χ1n) is 7.42. The molecule has 0 unspecified atom stereocenters. The van der Waals surface area contributed by atoms with Gasteiger partial charge in [0.2, 0.25) is 0 Å². The molecule has 0 spiro atoms. The molecular weight excluding hydrogens is 310 g/mol. The van der Waals surface area contributed by atoms with E-state index in [4.69, 9.17) is 10.5 Å². The number of hydrogen-bond donors (Lipinski definition) is 1. The van der Waals surface area contributed by atoms with E-state index in [0.29, 0.717) is 25.2 Å². The minimum atomic E-state index is -0.547. The molecule has 24 heavy (non-hydrogen) atoms. The predicted octanol–water partition coefficient (Wildman–Crippen LogP) is 2.20. The van der Waals surface area contributed by atoms with E-state index in [0.717, 1.165) is 5.56 Å². The minimum absolute atomic E-state index is 0.0539. The lowest BCUT2D eigenvalue weighted by Crippen LogP contribution is -2.34. The third-order valence-corrected chi connectivity index (χ3v) is 3.53. The van der Waals surface area contributed by atoms with Crippen LogP contribution in [0.1, 0.15) is 15.9 Å². The fourth-order valence-corrected chi connectivity index (χ4v) is 2.36. The lowest BCUT2D eigenvalue weighted by Gasteiger charge is -2.22. The number of nitrogens with zero attached hydrogens (tertiary/aromatic N) is 2. The highest BCUT2D eigenvalue weighted by Crippen LogP contribution is 2.28. The summed E-state index contributed by atoms with van der Waals surface area (Å²) in [6.45, 7) is 1.12. The first-order valence-corrected chi connectivity index (χ1v) is 7.42. The second-order valence-corrected chi connectivity index (χ2v) is 5.14. The molecule has 0 aliphatic heterocycles. The van der Waals surface area contributed by atoms with E-state index in [2.05, 4.69) is 0 Å². The van der Waals surface area contributed by atoms with Crippen molar-refractivity contribution in [2.24, 2.45) is 5.73 Å². The van der Waals surface area contributed by atoms with Crippen molar-refractivity contribution in [1.82, 2.24) is 4.90 Å². The molecule has 2 aromatic rings. The van der Waals surface area contributed by atoms with Gasteiger partial charge in [0.25, 0.3) is 5.91 Å². The first-order chi connectivity index (χ1) is 11.6. The summed E-state index contributed by atoms with van der Waals surface area (Å²) in [7, 11) is 1.33. The van der Waals surface area contributed by atoms with Crippen molar-refractivity contribution >= 4 is 11.6 Å². The van der Waals surface area contributed by atoms with Crippen LogP contribution in [0.3, 0.4) is 0 Å². The fourth-order valence-electron chi connectivity index (χ4n) is 2.36. The molecule has 0 fully saturated rings. The molecule has 0 aliphatic carbocycles. The number of benzene rings is 2. The average molecular weight is 329 g/mol. The molecule has 7 heteroatoms. The molecule has 0 saturated carbocycles. The van der Waals surface area contributed by atoms with Crippen LogP contribution in [0.25, 0.3) is 0 Å². The van der Waals surface area contributed by atoms with Crippen LogP contribution in [0.2, 0.25) is 0 Å². The molecule has 2 N–H and O–H groups in total. The summed E-state index contributed by atoms with van der Waals surface area (Å²) in [6, 6.07) is 13.6. The lowest BCUT2D eigenvalue weighted by atomic mass is 10.1. The van der Waals surface area contributed by atoms with Gasteiger partial charge >= 0.3 is 5.69 Å². The Morgan fingerprint density at radius 2 is 1.96 bits per heavy atom. The predicted molar refractivity (Wildman–Crippen MR) is 89.9 cm³/mol. The Kier molecular flexibility index (Phi) is 5.86. The highest BCUT2D eigenvalue weighted by molar-refractivity contribution is 5.95. The molecule has 7 nitrogen and oxygen atoms in total. The molecule has 126 valence electrons. The Morgan fingerprint density at radius 1 is 1.25 bits per heavy atom. The van der Waals surface area contributed by atoms with Crippen molar-refractivity contribution in [3.05, 3.63) is 69.8 Å². The third kappa shape index (κ3) is 4.08. The van der Waals surface area contributed by atoms with Crippen LogP contribution in [-0.2, 0) is 6.54 Å².